The molecule has 4 heterocycles. The maximum absolute atomic E-state index is 14.7. The molecule has 4 rings (SSSR count). The number of nitrogens with zero attached hydrogens (tertiary/aromatic N) is 5. The van der Waals surface area contributed by atoms with Crippen molar-refractivity contribution < 1.29 is 13.6 Å². The van der Waals surface area contributed by atoms with E-state index in [1.165, 1.54) is 12.3 Å². The monoisotopic (exact) mass is 506 g/mol. The summed E-state index contributed by atoms with van der Waals surface area (Å²) in [5.74, 6) is -2.98. The molecule has 0 bridgehead atoms. The molecule has 2 saturated heterocycles. The number of carbonyl (C=O) groups excluding carboxylic acids is 1. The first-order valence-electron chi connectivity index (χ1n) is 13.5. The Labute approximate surface area is 215 Å². The van der Waals surface area contributed by atoms with Crippen LogP contribution in [0.25, 0.3) is 0 Å². The van der Waals surface area contributed by atoms with Crippen molar-refractivity contribution in [3.63, 3.8) is 0 Å². The summed E-state index contributed by atoms with van der Waals surface area (Å²) in [6.07, 6.45) is 1.46. The number of anilines is 1. The molecule has 202 valence electrons. The van der Waals surface area contributed by atoms with Crippen molar-refractivity contribution in [3.05, 3.63) is 23.5 Å². The summed E-state index contributed by atoms with van der Waals surface area (Å²) >= 11 is 0. The number of nitrogens with one attached hydrogen (secondary N) is 1. The van der Waals surface area contributed by atoms with Gasteiger partial charge in [-0.05, 0) is 27.0 Å². The minimum Gasteiger partial charge on any atom is -0.311 e. The van der Waals surface area contributed by atoms with Gasteiger partial charge in [-0.1, -0.05) is 27.2 Å². The molecule has 0 saturated carbocycles. The summed E-state index contributed by atoms with van der Waals surface area (Å²) in [7, 11) is 2.16. The van der Waals surface area contributed by atoms with Gasteiger partial charge < -0.3 is 15.1 Å². The van der Waals surface area contributed by atoms with Gasteiger partial charge in [0.1, 0.15) is 0 Å². The third-order valence-electron chi connectivity index (χ3n) is 8.12. The van der Waals surface area contributed by atoms with Crippen molar-refractivity contribution in [2.24, 2.45) is 0 Å². The van der Waals surface area contributed by atoms with Crippen LogP contribution >= 0.6 is 0 Å². The highest BCUT2D eigenvalue weighted by atomic mass is 19.3. The molecule has 0 radical (unpaired) electrons. The van der Waals surface area contributed by atoms with Crippen LogP contribution in [0.2, 0.25) is 0 Å². The van der Waals surface area contributed by atoms with Gasteiger partial charge >= 0.3 is 0 Å². The number of likely N-dealkylation sites (N-methyl/N-ethyl adjacent to an activating group) is 1. The van der Waals surface area contributed by atoms with Gasteiger partial charge in [-0.3, -0.25) is 19.6 Å². The summed E-state index contributed by atoms with van der Waals surface area (Å²) in [6, 6.07) is 2.50. The topological polar surface area (TPSA) is 55.0 Å². The summed E-state index contributed by atoms with van der Waals surface area (Å²) in [6.45, 7) is 16.6. The van der Waals surface area contributed by atoms with Crippen molar-refractivity contribution in [2.75, 3.05) is 64.3 Å². The Bertz CT molecular complexity index is 941. The van der Waals surface area contributed by atoms with Crippen LogP contribution in [0.3, 0.4) is 0 Å². The predicted molar refractivity (Wildman–Crippen MR) is 140 cm³/mol. The third-order valence-corrected chi connectivity index (χ3v) is 8.12. The number of amides is 1. The molecular formula is C27H44F2N6O. The van der Waals surface area contributed by atoms with E-state index in [4.69, 9.17) is 0 Å². The lowest BCUT2D eigenvalue weighted by Gasteiger charge is -2.45. The molecule has 0 aromatic carbocycles. The normalized spacial score (nSPS) is 27.9. The van der Waals surface area contributed by atoms with Crippen molar-refractivity contribution in [1.29, 1.82) is 0 Å². The highest BCUT2D eigenvalue weighted by molar-refractivity contribution is 5.97. The first kappa shape index (κ1) is 27.4. The molecule has 1 aromatic heterocycles. The lowest BCUT2D eigenvalue weighted by Crippen LogP contribution is -2.63. The van der Waals surface area contributed by atoms with Gasteiger partial charge in [-0.2, -0.15) is 0 Å². The van der Waals surface area contributed by atoms with E-state index >= 15 is 0 Å². The van der Waals surface area contributed by atoms with Crippen LogP contribution in [0.4, 0.5) is 14.5 Å². The van der Waals surface area contributed by atoms with Crippen molar-refractivity contribution in [1.82, 2.24) is 25.0 Å². The maximum atomic E-state index is 14.7. The smallest absolute Gasteiger partial charge is 0.274 e. The van der Waals surface area contributed by atoms with Gasteiger partial charge in [-0.15, -0.1) is 0 Å². The lowest BCUT2D eigenvalue weighted by atomic mass is 9.91. The molecule has 2 fully saturated rings. The SMILES string of the molecule is CCCC(F)(F)c1cnc2c(c1)N(C(=O)CN1C[C@@H](C)NC[C@@H]1CN1CCN(C)C[C@H]1C)CC2(C)C. The van der Waals surface area contributed by atoms with Crippen molar-refractivity contribution in [3.8, 4) is 0 Å². The van der Waals surface area contributed by atoms with Crippen LogP contribution in [0, 0.1) is 0 Å². The number of pyridine rings is 1. The van der Waals surface area contributed by atoms with E-state index in [9.17, 15) is 13.6 Å². The standard InChI is InChI=1S/C27H44F2N6O/c1-7-8-27(28,29)21-11-23-25(31-12-21)26(4,5)18-35(23)24(36)17-34-14-19(2)30-13-22(34)16-33-10-9-32(6)15-20(33)3/h11-12,19-20,22,30H,7-10,13-18H2,1-6H3/t19-,20-,22-/m1/s1. The Morgan fingerprint density at radius 2 is 1.97 bits per heavy atom. The zero-order chi connectivity index (χ0) is 26.3. The van der Waals surface area contributed by atoms with E-state index in [1.54, 1.807) is 11.8 Å². The summed E-state index contributed by atoms with van der Waals surface area (Å²) in [5, 5.41) is 3.59. The van der Waals surface area contributed by atoms with Crippen LogP contribution in [0.1, 0.15) is 58.7 Å². The average Bonchev–Trinajstić information content (AvgIpc) is 3.07. The first-order valence-corrected chi connectivity index (χ1v) is 13.5. The van der Waals surface area contributed by atoms with Gasteiger partial charge in [0.2, 0.25) is 5.91 Å². The molecule has 3 aliphatic heterocycles. The van der Waals surface area contributed by atoms with Gasteiger partial charge in [-0.25, -0.2) is 8.78 Å². The number of hydrogen-bond donors (Lipinski definition) is 1. The molecule has 36 heavy (non-hydrogen) atoms. The highest BCUT2D eigenvalue weighted by Crippen LogP contribution is 2.42. The third kappa shape index (κ3) is 5.74. The molecule has 3 aliphatic rings. The van der Waals surface area contributed by atoms with E-state index < -0.39 is 5.92 Å². The van der Waals surface area contributed by atoms with Crippen LogP contribution < -0.4 is 10.2 Å². The number of piperazine rings is 2. The Kier molecular flexibility index (Phi) is 8.05. The second kappa shape index (κ2) is 10.6. The molecule has 9 heteroatoms. The van der Waals surface area contributed by atoms with Gasteiger partial charge in [0.05, 0.1) is 17.9 Å². The van der Waals surface area contributed by atoms with E-state index in [0.717, 1.165) is 45.0 Å². The molecule has 3 atom stereocenters. The van der Waals surface area contributed by atoms with Crippen LogP contribution in [-0.4, -0.2) is 103 Å². The Balaban J connectivity index is 1.52. The summed E-state index contributed by atoms with van der Waals surface area (Å²) < 4.78 is 29.4. The fraction of sp³-hybridized carbons (Fsp3) is 0.778. The second-order valence-electron chi connectivity index (χ2n) is 11.9. The van der Waals surface area contributed by atoms with Crippen LogP contribution in [0.5, 0.6) is 0 Å². The number of carbonyl (C=O) groups is 1. The van der Waals surface area contributed by atoms with Gasteiger partial charge in [0.15, 0.2) is 0 Å². The number of rotatable bonds is 7. The van der Waals surface area contributed by atoms with E-state index in [0.29, 0.717) is 30.7 Å². The van der Waals surface area contributed by atoms with E-state index in [2.05, 4.69) is 45.9 Å². The minimum atomic E-state index is -2.95. The predicted octanol–water partition coefficient (Wildman–Crippen LogP) is 2.90. The Hall–Kier alpha value is -1.68. The number of fused-ring (bicyclic) bond motifs is 1. The molecule has 0 aliphatic carbocycles. The second-order valence-corrected chi connectivity index (χ2v) is 11.9. The van der Waals surface area contributed by atoms with Crippen molar-refractivity contribution >= 4 is 11.6 Å². The van der Waals surface area contributed by atoms with Crippen LogP contribution in [0.15, 0.2) is 12.3 Å². The maximum Gasteiger partial charge on any atom is 0.274 e. The Morgan fingerprint density at radius 3 is 2.67 bits per heavy atom. The van der Waals surface area contributed by atoms with Gasteiger partial charge in [0, 0.05) is 87.5 Å². The van der Waals surface area contributed by atoms with Gasteiger partial charge in [0.25, 0.3) is 5.92 Å². The van der Waals surface area contributed by atoms with E-state index in [-0.39, 0.29) is 35.9 Å². The summed E-state index contributed by atoms with van der Waals surface area (Å²) in [4.78, 5) is 27.1. The zero-order valence-corrected chi connectivity index (χ0v) is 22.9. The number of alkyl halides is 2. The molecule has 1 aromatic rings. The number of halogens is 2. The summed E-state index contributed by atoms with van der Waals surface area (Å²) in [5.41, 5.74) is 0.792. The molecule has 0 spiro atoms. The number of hydrogen-bond acceptors (Lipinski definition) is 6. The van der Waals surface area contributed by atoms with Crippen molar-refractivity contribution in [2.45, 2.75) is 76.9 Å². The zero-order valence-electron chi connectivity index (χ0n) is 22.9. The number of aromatic nitrogens is 1. The highest BCUT2D eigenvalue weighted by Gasteiger charge is 2.42. The first-order chi connectivity index (χ1) is 16.9. The van der Waals surface area contributed by atoms with E-state index in [1.807, 2.05) is 13.8 Å². The molecule has 1 N–H and O–H groups in total. The molecular weight excluding hydrogens is 462 g/mol. The largest absolute Gasteiger partial charge is 0.311 e. The molecule has 1 amide bonds. The Morgan fingerprint density at radius 1 is 1.22 bits per heavy atom. The quantitative estimate of drug-likeness (QED) is 0.614. The molecule has 7 nitrogen and oxygen atoms in total. The fourth-order valence-corrected chi connectivity index (χ4v) is 6.00. The van der Waals surface area contributed by atoms with Crippen LogP contribution in [-0.2, 0) is 16.1 Å². The minimum absolute atomic E-state index is 0.0369. The lowest BCUT2D eigenvalue weighted by molar-refractivity contribution is -0.121. The molecule has 0 unspecified atom stereocenters. The average molecular weight is 507 g/mol. The fourth-order valence-electron chi connectivity index (χ4n) is 6.00.